The van der Waals surface area contributed by atoms with E-state index in [-0.39, 0.29) is 17.7 Å². The lowest BCUT2D eigenvalue weighted by atomic mass is 10.0. The molecule has 2 N–H and O–H groups in total. The highest BCUT2D eigenvalue weighted by Crippen LogP contribution is 2.12. The van der Waals surface area contributed by atoms with Gasteiger partial charge in [-0.2, -0.15) is 5.10 Å². The number of nitrogens with zero attached hydrogens (tertiary/aromatic N) is 2. The molecule has 0 fully saturated rings. The Balaban J connectivity index is 1.85. The van der Waals surface area contributed by atoms with E-state index in [2.05, 4.69) is 15.7 Å². The van der Waals surface area contributed by atoms with Gasteiger partial charge in [-0.05, 0) is 49.1 Å². The Kier molecular flexibility index (Phi) is 7.40. The van der Waals surface area contributed by atoms with Crippen LogP contribution in [0.4, 0.5) is 0 Å². The number of ether oxygens (including phenoxy) is 1. The molecule has 2 aromatic rings. The van der Waals surface area contributed by atoms with Gasteiger partial charge >= 0.3 is 0 Å². The Morgan fingerprint density at radius 3 is 2.48 bits per heavy atom. The van der Waals surface area contributed by atoms with Gasteiger partial charge in [0.25, 0.3) is 5.91 Å². The average Bonchev–Trinajstić information content (AvgIpc) is 3.07. The molecule has 7 heteroatoms. The van der Waals surface area contributed by atoms with Gasteiger partial charge in [0, 0.05) is 24.8 Å². The van der Waals surface area contributed by atoms with Crippen LogP contribution in [0.15, 0.2) is 36.7 Å². The Morgan fingerprint density at radius 1 is 1.22 bits per heavy atom. The minimum absolute atomic E-state index is 0.0269. The van der Waals surface area contributed by atoms with E-state index in [1.165, 1.54) is 0 Å². The van der Waals surface area contributed by atoms with Gasteiger partial charge in [0.15, 0.2) is 0 Å². The molecule has 0 spiro atoms. The topological polar surface area (TPSA) is 85.2 Å². The third-order valence-electron chi connectivity index (χ3n) is 4.21. The summed E-state index contributed by atoms with van der Waals surface area (Å²) in [6, 6.07) is 6.20. The van der Waals surface area contributed by atoms with Crippen molar-refractivity contribution in [1.29, 1.82) is 0 Å². The summed E-state index contributed by atoms with van der Waals surface area (Å²) in [5.41, 5.74) is 1.60. The van der Waals surface area contributed by atoms with Crippen molar-refractivity contribution in [3.05, 3.63) is 47.8 Å². The Labute approximate surface area is 160 Å². The van der Waals surface area contributed by atoms with Gasteiger partial charge in [-0.15, -0.1) is 0 Å². The fraction of sp³-hybridized carbons (Fsp3) is 0.450. The molecule has 1 heterocycles. The first-order valence-corrected chi connectivity index (χ1v) is 9.12. The van der Waals surface area contributed by atoms with Gasteiger partial charge < -0.3 is 15.4 Å². The van der Waals surface area contributed by atoms with Gasteiger partial charge in [0.05, 0.1) is 13.3 Å². The number of methoxy groups -OCH3 is 1. The lowest BCUT2D eigenvalue weighted by Crippen LogP contribution is -2.49. The molecule has 0 saturated heterocycles. The summed E-state index contributed by atoms with van der Waals surface area (Å²) in [6.45, 7) is 7.07. The maximum atomic E-state index is 12.5. The zero-order chi connectivity index (χ0) is 19.8. The zero-order valence-corrected chi connectivity index (χ0v) is 16.4. The number of rotatable bonds is 9. The molecular weight excluding hydrogens is 344 g/mol. The first kappa shape index (κ1) is 20.5. The van der Waals surface area contributed by atoms with Gasteiger partial charge in [-0.1, -0.05) is 13.8 Å². The van der Waals surface area contributed by atoms with Crippen LogP contribution in [0.25, 0.3) is 0 Å². The number of aryl methyl sites for hydroxylation is 2. The van der Waals surface area contributed by atoms with E-state index < -0.39 is 6.04 Å². The molecule has 0 radical (unpaired) electrons. The summed E-state index contributed by atoms with van der Waals surface area (Å²) in [5.74, 6) is 0.195. The summed E-state index contributed by atoms with van der Waals surface area (Å²) >= 11 is 0. The summed E-state index contributed by atoms with van der Waals surface area (Å²) in [5, 5.41) is 9.94. The molecule has 0 aliphatic heterocycles. The molecule has 1 unspecified atom stereocenters. The minimum atomic E-state index is -0.591. The third-order valence-corrected chi connectivity index (χ3v) is 4.21. The van der Waals surface area contributed by atoms with Crippen LogP contribution >= 0.6 is 0 Å². The minimum Gasteiger partial charge on any atom is -0.497 e. The molecule has 0 aliphatic rings. The van der Waals surface area contributed by atoms with E-state index in [0.29, 0.717) is 17.9 Å². The second-order valence-corrected chi connectivity index (χ2v) is 6.85. The molecule has 0 bridgehead atoms. The average molecular weight is 372 g/mol. The van der Waals surface area contributed by atoms with Crippen molar-refractivity contribution in [2.75, 3.05) is 13.7 Å². The zero-order valence-electron chi connectivity index (χ0n) is 16.4. The maximum absolute atomic E-state index is 12.5. The van der Waals surface area contributed by atoms with Crippen molar-refractivity contribution in [2.24, 2.45) is 5.92 Å². The summed E-state index contributed by atoms with van der Waals surface area (Å²) in [6.07, 6.45) is 4.54. The molecule has 2 amide bonds. The standard InChI is InChI=1S/C20H28N4O3/c1-14(2)18(23-19(25)16-6-8-17(27-4)9-7-16)20(26)21-10-5-11-24-13-15(3)12-22-24/h6-9,12-14,18H,5,10-11H2,1-4H3,(H,21,26)(H,23,25). The molecule has 0 saturated carbocycles. The molecule has 1 aromatic carbocycles. The fourth-order valence-electron chi connectivity index (χ4n) is 2.65. The van der Waals surface area contributed by atoms with Gasteiger partial charge in [-0.25, -0.2) is 0 Å². The van der Waals surface area contributed by atoms with E-state index in [1.54, 1.807) is 31.4 Å². The monoisotopic (exact) mass is 372 g/mol. The van der Waals surface area contributed by atoms with E-state index in [0.717, 1.165) is 18.5 Å². The number of benzene rings is 1. The first-order chi connectivity index (χ1) is 12.9. The van der Waals surface area contributed by atoms with Crippen LogP contribution in [0.5, 0.6) is 5.75 Å². The quantitative estimate of drug-likeness (QED) is 0.661. The number of amides is 2. The van der Waals surface area contributed by atoms with Crippen molar-refractivity contribution in [3.8, 4) is 5.75 Å². The molecule has 27 heavy (non-hydrogen) atoms. The molecule has 1 atom stereocenters. The van der Waals surface area contributed by atoms with Crippen LogP contribution in [0.1, 0.15) is 36.2 Å². The summed E-state index contributed by atoms with van der Waals surface area (Å²) in [4.78, 5) is 24.9. The number of aromatic nitrogens is 2. The highest BCUT2D eigenvalue weighted by Gasteiger charge is 2.24. The smallest absolute Gasteiger partial charge is 0.251 e. The van der Waals surface area contributed by atoms with Crippen molar-refractivity contribution >= 4 is 11.8 Å². The molecule has 0 aliphatic carbocycles. The highest BCUT2D eigenvalue weighted by molar-refractivity contribution is 5.97. The van der Waals surface area contributed by atoms with Gasteiger partial charge in [-0.3, -0.25) is 14.3 Å². The van der Waals surface area contributed by atoms with E-state index in [4.69, 9.17) is 4.74 Å². The second-order valence-electron chi connectivity index (χ2n) is 6.85. The van der Waals surface area contributed by atoms with Crippen LogP contribution in [0.3, 0.4) is 0 Å². The van der Waals surface area contributed by atoms with E-state index in [1.807, 2.05) is 37.8 Å². The number of nitrogens with one attached hydrogen (secondary N) is 2. The number of hydrogen-bond donors (Lipinski definition) is 2. The van der Waals surface area contributed by atoms with Crippen molar-refractivity contribution in [3.63, 3.8) is 0 Å². The lowest BCUT2D eigenvalue weighted by molar-refractivity contribution is -0.123. The molecule has 1 aromatic heterocycles. The van der Waals surface area contributed by atoms with Gasteiger partial charge in [0.1, 0.15) is 11.8 Å². The van der Waals surface area contributed by atoms with Crippen LogP contribution in [-0.4, -0.2) is 41.3 Å². The van der Waals surface area contributed by atoms with E-state index >= 15 is 0 Å². The Morgan fingerprint density at radius 2 is 1.93 bits per heavy atom. The van der Waals surface area contributed by atoms with Crippen molar-refractivity contribution in [2.45, 2.75) is 39.8 Å². The van der Waals surface area contributed by atoms with Crippen LogP contribution in [0.2, 0.25) is 0 Å². The highest BCUT2D eigenvalue weighted by atomic mass is 16.5. The van der Waals surface area contributed by atoms with Gasteiger partial charge in [0.2, 0.25) is 5.91 Å². The van der Waals surface area contributed by atoms with Crippen molar-refractivity contribution in [1.82, 2.24) is 20.4 Å². The number of hydrogen-bond acceptors (Lipinski definition) is 4. The normalized spacial score (nSPS) is 11.9. The summed E-state index contributed by atoms with van der Waals surface area (Å²) < 4.78 is 6.95. The molecule has 146 valence electrons. The molecular formula is C20H28N4O3. The first-order valence-electron chi connectivity index (χ1n) is 9.12. The number of carbonyl (C=O) groups is 2. The summed E-state index contributed by atoms with van der Waals surface area (Å²) in [7, 11) is 1.57. The van der Waals surface area contributed by atoms with Crippen LogP contribution in [-0.2, 0) is 11.3 Å². The molecule has 7 nitrogen and oxygen atoms in total. The van der Waals surface area contributed by atoms with E-state index in [9.17, 15) is 9.59 Å². The Hall–Kier alpha value is -2.83. The largest absolute Gasteiger partial charge is 0.497 e. The third kappa shape index (κ3) is 6.13. The van der Waals surface area contributed by atoms with Crippen LogP contribution in [0, 0.1) is 12.8 Å². The van der Waals surface area contributed by atoms with Crippen LogP contribution < -0.4 is 15.4 Å². The fourth-order valence-corrected chi connectivity index (χ4v) is 2.65. The second kappa shape index (κ2) is 9.75. The Bertz CT molecular complexity index is 753. The maximum Gasteiger partial charge on any atom is 0.251 e. The predicted molar refractivity (Wildman–Crippen MR) is 104 cm³/mol. The SMILES string of the molecule is COc1ccc(C(=O)NC(C(=O)NCCCn2cc(C)cn2)C(C)C)cc1. The lowest BCUT2D eigenvalue weighted by Gasteiger charge is -2.22. The van der Waals surface area contributed by atoms with Crippen molar-refractivity contribution < 1.29 is 14.3 Å². The molecule has 2 rings (SSSR count). The number of carbonyl (C=O) groups excluding carboxylic acids is 2. The predicted octanol–water partition coefficient (Wildman–Crippen LogP) is 2.16.